The summed E-state index contributed by atoms with van der Waals surface area (Å²) in [5, 5.41) is 0. The normalized spacial score (nSPS) is 24.1. The van der Waals surface area contributed by atoms with Gasteiger partial charge in [0.05, 0.1) is 12.9 Å². The third kappa shape index (κ3) is 5.05. The fraction of sp³-hybridized carbons (Fsp3) is 0.688. The summed E-state index contributed by atoms with van der Waals surface area (Å²) in [6.45, 7) is 1.63. The molecule has 1 aromatic rings. The Bertz CT molecular complexity index is 1110. The first kappa shape index (κ1) is 25.2. The zero-order valence-electron chi connectivity index (χ0n) is 17.4. The summed E-state index contributed by atoms with van der Waals surface area (Å²) in [4.78, 5) is 1.42. The molecule has 0 bridgehead atoms. The monoisotopic (exact) mass is 502 g/mol. The molecule has 2 atom stereocenters. The van der Waals surface area contributed by atoms with E-state index in [1.165, 1.54) is 12.0 Å². The number of sulfonamides is 1. The van der Waals surface area contributed by atoms with Gasteiger partial charge in [0.1, 0.15) is 25.6 Å². The Morgan fingerprint density at radius 1 is 1.33 bits per heavy atom. The third-order valence-electron chi connectivity index (χ3n) is 4.50. The van der Waals surface area contributed by atoms with Crippen molar-refractivity contribution >= 4 is 47.7 Å². The van der Waals surface area contributed by atoms with Crippen LogP contribution in [0.25, 0.3) is 0 Å². The van der Waals surface area contributed by atoms with E-state index in [1.807, 2.05) is 0 Å². The minimum absolute atomic E-state index is 0.00637. The van der Waals surface area contributed by atoms with E-state index in [9.17, 15) is 25.3 Å². The van der Waals surface area contributed by atoms with Crippen LogP contribution in [-0.2, 0) is 38.9 Å². The van der Waals surface area contributed by atoms with Crippen molar-refractivity contribution in [2.45, 2.75) is 45.5 Å². The molecule has 14 heteroatoms. The topological polar surface area (TPSA) is 136 Å². The van der Waals surface area contributed by atoms with Crippen LogP contribution in [0.15, 0.2) is 18.9 Å². The maximum absolute atomic E-state index is 13.5. The van der Waals surface area contributed by atoms with E-state index in [0.29, 0.717) is 17.8 Å². The number of hydrogen-bond donors (Lipinski definition) is 0. The second-order valence-electron chi connectivity index (χ2n) is 7.33. The number of thiophene rings is 1. The number of fused-ring (bicyclic) bond motifs is 1. The molecule has 0 amide bonds. The summed E-state index contributed by atoms with van der Waals surface area (Å²) in [5.74, 6) is 0. The van der Waals surface area contributed by atoms with Crippen LogP contribution in [0.1, 0.15) is 37.9 Å². The summed E-state index contributed by atoms with van der Waals surface area (Å²) in [7, 11) is -7.64. The van der Waals surface area contributed by atoms with Crippen LogP contribution in [-0.4, -0.2) is 75.3 Å². The second-order valence-corrected chi connectivity index (χ2v) is 14.4. The van der Waals surface area contributed by atoms with E-state index in [1.54, 1.807) is 21.0 Å². The molecule has 0 saturated carbocycles. The Labute approximate surface area is 182 Å². The minimum Gasteiger partial charge on any atom is -0.383 e. The Balaban J connectivity index is 2.75. The summed E-state index contributed by atoms with van der Waals surface area (Å²) in [5.41, 5.74) is 0.00637. The highest BCUT2D eigenvalue weighted by Gasteiger charge is 2.53. The molecule has 0 aromatic carbocycles. The molecule has 0 aliphatic carbocycles. The molecule has 0 spiro atoms. The number of methoxy groups -OCH3 is 1. The zero-order valence-corrected chi connectivity index (χ0v) is 20.6. The van der Waals surface area contributed by atoms with Gasteiger partial charge in [-0.1, -0.05) is 13.3 Å². The number of sulfone groups is 1. The molecule has 1 aliphatic heterocycles. The maximum atomic E-state index is 13.5. The van der Waals surface area contributed by atoms with Crippen LogP contribution in [0.3, 0.4) is 0 Å². The van der Waals surface area contributed by atoms with Gasteiger partial charge in [-0.15, -0.1) is 15.7 Å². The van der Waals surface area contributed by atoms with Crippen molar-refractivity contribution in [3.8, 4) is 0 Å². The quantitative estimate of drug-likeness (QED) is 0.279. The fourth-order valence-electron chi connectivity index (χ4n) is 3.35. The van der Waals surface area contributed by atoms with Gasteiger partial charge in [-0.25, -0.2) is 8.42 Å². The largest absolute Gasteiger partial charge is 0.383 e. The van der Waals surface area contributed by atoms with E-state index in [2.05, 4.69) is 4.40 Å². The van der Waals surface area contributed by atoms with E-state index >= 15 is 0 Å². The second kappa shape index (κ2) is 8.82. The van der Waals surface area contributed by atoms with Gasteiger partial charge in [0.2, 0.25) is 0 Å². The van der Waals surface area contributed by atoms with Crippen molar-refractivity contribution in [2.75, 3.05) is 34.1 Å². The lowest BCUT2D eigenvalue weighted by atomic mass is 9.93. The lowest BCUT2D eigenvalue weighted by Gasteiger charge is -2.38. The minimum atomic E-state index is -4.18. The van der Waals surface area contributed by atoms with Crippen molar-refractivity contribution in [3.63, 3.8) is 0 Å². The summed E-state index contributed by atoms with van der Waals surface area (Å²) < 4.78 is 87.8. The van der Waals surface area contributed by atoms with E-state index in [0.717, 1.165) is 18.7 Å². The van der Waals surface area contributed by atoms with Gasteiger partial charge in [0.15, 0.2) is 9.84 Å². The molecule has 2 rings (SSSR count). The Kier molecular flexibility index (Phi) is 7.41. The van der Waals surface area contributed by atoms with Gasteiger partial charge in [-0.05, 0) is 12.5 Å². The molecule has 10 nitrogen and oxygen atoms in total. The van der Waals surface area contributed by atoms with Crippen LogP contribution >= 0.6 is 11.3 Å². The molecule has 1 aliphatic rings. The average Bonchev–Trinajstić information content (AvgIpc) is 3.05. The number of rotatable bonds is 9. The Morgan fingerprint density at radius 2 is 1.97 bits per heavy atom. The Morgan fingerprint density at radius 3 is 2.47 bits per heavy atom. The van der Waals surface area contributed by atoms with E-state index in [-0.39, 0.29) is 33.4 Å². The smallest absolute Gasteiger partial charge is 0.293 e. The number of ether oxygens (including phenoxy) is 1. The third-order valence-corrected chi connectivity index (χ3v) is 11.0. The van der Waals surface area contributed by atoms with Gasteiger partial charge < -0.3 is 9.64 Å². The van der Waals surface area contributed by atoms with Gasteiger partial charge >= 0.3 is 0 Å². The highest BCUT2D eigenvalue weighted by Crippen LogP contribution is 2.51. The molecule has 2 unspecified atom stereocenters. The molecule has 0 saturated heterocycles. The molecule has 30 heavy (non-hydrogen) atoms. The van der Waals surface area contributed by atoms with Crippen molar-refractivity contribution < 1.29 is 34.2 Å². The predicted octanol–water partition coefficient (Wildman–Crippen LogP) is 1.41. The van der Waals surface area contributed by atoms with Crippen molar-refractivity contribution in [1.29, 1.82) is 0 Å². The van der Waals surface area contributed by atoms with Crippen LogP contribution in [0, 0.1) is 0 Å². The van der Waals surface area contributed by atoms with E-state index < -0.39 is 40.8 Å². The first-order valence-electron chi connectivity index (χ1n) is 8.91. The van der Waals surface area contributed by atoms with Crippen molar-refractivity contribution in [2.24, 2.45) is 4.40 Å². The van der Waals surface area contributed by atoms with Crippen LogP contribution in [0.5, 0.6) is 0 Å². The molecular formula is C16H26N2O8S4. The van der Waals surface area contributed by atoms with Crippen LogP contribution in [0.2, 0.25) is 0 Å². The first-order valence-corrected chi connectivity index (χ1v) is 14.5. The van der Waals surface area contributed by atoms with Crippen molar-refractivity contribution in [1.82, 2.24) is 4.90 Å². The number of nitrogens with zero attached hydrogens (tertiary/aromatic N) is 2. The molecule has 0 N–H and O–H groups in total. The summed E-state index contributed by atoms with van der Waals surface area (Å²) >= 11 is 0.546. The van der Waals surface area contributed by atoms with Gasteiger partial charge in [-0.3, -0.25) is 4.18 Å². The molecule has 0 fully saturated rings. The molecule has 2 heterocycles. The first-order chi connectivity index (χ1) is 13.7. The predicted molar refractivity (Wildman–Crippen MR) is 114 cm³/mol. The highest BCUT2D eigenvalue weighted by molar-refractivity contribution is 7.96. The summed E-state index contributed by atoms with van der Waals surface area (Å²) in [6, 6.07) is 1.14. The molecular weight excluding hydrogens is 476 g/mol. The Hall–Kier alpha value is -1.06. The lowest BCUT2D eigenvalue weighted by molar-refractivity contribution is 0.112. The zero-order chi connectivity index (χ0) is 23.0. The maximum Gasteiger partial charge on any atom is 0.293 e. The van der Waals surface area contributed by atoms with Crippen LogP contribution < -0.4 is 0 Å². The molecule has 0 radical (unpaired) electrons. The van der Waals surface area contributed by atoms with Crippen LogP contribution in [0.4, 0.5) is 0 Å². The van der Waals surface area contributed by atoms with Crippen molar-refractivity contribution in [3.05, 3.63) is 11.6 Å². The number of hydrogen-bond acceptors (Lipinski definition) is 9. The van der Waals surface area contributed by atoms with Gasteiger partial charge in [-0.2, -0.15) is 16.8 Å². The highest BCUT2D eigenvalue weighted by atomic mass is 32.3. The molecule has 1 aromatic heterocycles. The lowest BCUT2D eigenvalue weighted by Crippen LogP contribution is -2.47. The van der Waals surface area contributed by atoms with E-state index in [4.69, 9.17) is 8.92 Å². The standard InChI is InChI=1S/C16H26N2O8S4/c1-6-7-16(10-25-4)9-13(26-28(5,19)20)12-8-14(27-15(12)29(16,21)22)30(23,24)17-11-18(2)3/h8,11,13H,6-7,9-10H2,1-5H3. The molecule has 172 valence electrons. The van der Waals surface area contributed by atoms with Gasteiger partial charge in [0, 0.05) is 33.2 Å². The average molecular weight is 503 g/mol. The summed E-state index contributed by atoms with van der Waals surface area (Å²) in [6.07, 6.45) is 1.31. The fourth-order valence-corrected chi connectivity index (χ4v) is 9.52. The SMILES string of the molecule is CCCC1(COC)CC(OS(C)(=O)=O)c2cc(S(=O)(=O)N=CN(C)C)sc2S1(=O)=O. The van der Waals surface area contributed by atoms with Gasteiger partial charge in [0.25, 0.3) is 20.1 Å².